The second kappa shape index (κ2) is 16.0. The lowest BCUT2D eigenvalue weighted by molar-refractivity contribution is -0.0642. The molecule has 7 rings (SSSR count). The van der Waals surface area contributed by atoms with Crippen LogP contribution in [-0.4, -0.2) is 79.8 Å². The van der Waals surface area contributed by atoms with Gasteiger partial charge in [-0.2, -0.15) is 0 Å². The van der Waals surface area contributed by atoms with Gasteiger partial charge in [-0.1, -0.05) is 54.1 Å². The molecule has 2 unspecified atom stereocenters. The summed E-state index contributed by atoms with van der Waals surface area (Å²) >= 11 is 0.539. The first kappa shape index (κ1) is 40.1. The first-order chi connectivity index (χ1) is 26.6. The molecule has 3 saturated heterocycles. The lowest BCUT2D eigenvalue weighted by atomic mass is 10.0. The van der Waals surface area contributed by atoms with Crippen LogP contribution in [0.4, 0.5) is 8.78 Å². The molecule has 23 heteroatoms. The number of carbonyl (C=O) groups is 1. The Balaban J connectivity index is 1.20. The number of ether oxygens (including phenoxy) is 2. The molecule has 2 aromatic heterocycles. The lowest BCUT2D eigenvalue weighted by Crippen LogP contribution is -2.37. The van der Waals surface area contributed by atoms with Gasteiger partial charge in [0.2, 0.25) is 0 Å². The predicted molar refractivity (Wildman–Crippen MR) is 192 cm³/mol. The number of hydrogen-bond donors (Lipinski definition) is 3. The van der Waals surface area contributed by atoms with Gasteiger partial charge >= 0.3 is 26.0 Å². The first-order valence-corrected chi connectivity index (χ1v) is 21.4. The number of fused-ring (bicyclic) bond motifs is 3. The molecule has 3 aliphatic heterocycles. The molecule has 0 saturated carbocycles. The zero-order valence-electron chi connectivity index (χ0n) is 28.9. The zero-order chi connectivity index (χ0) is 39.9. The molecule has 10 atom stereocenters. The summed E-state index contributed by atoms with van der Waals surface area (Å²) in [4.78, 5) is 76.3. The van der Waals surface area contributed by atoms with E-state index in [1.807, 2.05) is 16.9 Å². The number of aromatic nitrogens is 4. The molecule has 298 valence electrons. The van der Waals surface area contributed by atoms with Gasteiger partial charge < -0.3 is 14.4 Å². The summed E-state index contributed by atoms with van der Waals surface area (Å²) in [5.74, 6) is -0.389. The highest BCUT2D eigenvalue weighted by atomic mass is 32.7. The highest BCUT2D eigenvalue weighted by molar-refractivity contribution is 8.54. The third-order valence-electron chi connectivity index (χ3n) is 9.01. The minimum Gasteiger partial charge on any atom is -0.346 e. The molecule has 2 aromatic carbocycles. The van der Waals surface area contributed by atoms with E-state index in [1.54, 1.807) is 48.5 Å². The fourth-order valence-electron chi connectivity index (χ4n) is 6.14. The van der Waals surface area contributed by atoms with Crippen molar-refractivity contribution >= 4 is 31.8 Å². The van der Waals surface area contributed by atoms with Crippen LogP contribution in [0.5, 0.6) is 0 Å². The van der Waals surface area contributed by atoms with Crippen molar-refractivity contribution in [2.75, 3.05) is 13.2 Å². The smallest absolute Gasteiger partial charge is 0.346 e. The van der Waals surface area contributed by atoms with Gasteiger partial charge in [0.15, 0.2) is 30.6 Å². The van der Waals surface area contributed by atoms with Crippen LogP contribution in [0.25, 0.3) is 0 Å². The van der Waals surface area contributed by atoms with Crippen LogP contribution in [0.1, 0.15) is 39.5 Å². The molecule has 0 spiro atoms. The third kappa shape index (κ3) is 8.57. The summed E-state index contributed by atoms with van der Waals surface area (Å²) in [5, 5.41) is 0. The van der Waals surface area contributed by atoms with E-state index in [0.29, 0.717) is 32.6 Å². The number of H-pyrrole nitrogens is 2. The maximum absolute atomic E-state index is 16.2. The van der Waals surface area contributed by atoms with Crippen LogP contribution in [0.2, 0.25) is 0 Å². The van der Waals surface area contributed by atoms with Crippen molar-refractivity contribution in [2.24, 2.45) is 0 Å². The summed E-state index contributed by atoms with van der Waals surface area (Å²) in [7, 11) is -5.30. The van der Waals surface area contributed by atoms with E-state index in [0.717, 1.165) is 34.7 Å². The van der Waals surface area contributed by atoms with Crippen molar-refractivity contribution < 1.29 is 55.2 Å². The number of halogens is 2. The number of benzene rings is 2. The molecule has 3 fully saturated rings. The number of ketones is 1. The van der Waals surface area contributed by atoms with Gasteiger partial charge in [-0.15, -0.1) is 0 Å². The quantitative estimate of drug-likeness (QED) is 0.179. The van der Waals surface area contributed by atoms with Crippen LogP contribution >= 0.6 is 26.0 Å². The van der Waals surface area contributed by atoms with E-state index in [1.165, 1.54) is 0 Å². The van der Waals surface area contributed by atoms with Crippen LogP contribution < -0.4 is 22.5 Å². The Hall–Kier alpha value is -4.14. The average Bonchev–Trinajstić information content (AvgIpc) is 3.62. The Morgan fingerprint density at radius 3 is 1.93 bits per heavy atom. The van der Waals surface area contributed by atoms with Crippen molar-refractivity contribution in [3.05, 3.63) is 137 Å². The van der Waals surface area contributed by atoms with Crippen molar-refractivity contribution in [3.63, 3.8) is 0 Å². The van der Waals surface area contributed by atoms with Gasteiger partial charge in [0, 0.05) is 41.4 Å². The van der Waals surface area contributed by atoms with Crippen molar-refractivity contribution in [1.82, 2.24) is 19.1 Å². The Bertz CT molecular complexity index is 2450. The summed E-state index contributed by atoms with van der Waals surface area (Å²) in [5.41, 5.74) is -1.46. The second-order valence-electron chi connectivity index (χ2n) is 12.9. The van der Waals surface area contributed by atoms with E-state index in [2.05, 4.69) is 0 Å². The molecule has 5 heterocycles. The minimum atomic E-state index is -5.30. The number of aromatic amines is 2. The van der Waals surface area contributed by atoms with Gasteiger partial charge in [0.05, 0.1) is 13.2 Å². The molecule has 0 amide bonds. The van der Waals surface area contributed by atoms with Gasteiger partial charge in [-0.25, -0.2) is 27.5 Å². The largest absolute Gasteiger partial charge is 0.472 e. The maximum atomic E-state index is 16.2. The first-order valence-electron chi connectivity index (χ1n) is 16.8. The predicted octanol–water partition coefficient (Wildman–Crippen LogP) is 3.06. The summed E-state index contributed by atoms with van der Waals surface area (Å²) in [6, 6.07) is 15.1. The van der Waals surface area contributed by atoms with Crippen LogP contribution in [-0.2, 0) is 42.5 Å². The van der Waals surface area contributed by atoms with E-state index in [4.69, 9.17) is 27.6 Å². The topological polar surface area (TPSA) is 237 Å². The molecule has 56 heavy (non-hydrogen) atoms. The van der Waals surface area contributed by atoms with Gasteiger partial charge in [0.25, 0.3) is 11.1 Å². The molecule has 2 bridgehead atoms. The summed E-state index contributed by atoms with van der Waals surface area (Å²) < 4.78 is 94.5. The van der Waals surface area contributed by atoms with Gasteiger partial charge in [-0.3, -0.25) is 51.6 Å². The van der Waals surface area contributed by atoms with Crippen molar-refractivity contribution in [3.8, 4) is 0 Å². The Morgan fingerprint density at radius 2 is 1.32 bits per heavy atom. The number of rotatable bonds is 7. The highest BCUT2D eigenvalue weighted by Crippen LogP contribution is 2.65. The number of nitrogens with zero attached hydrogens (tertiary/aromatic N) is 2. The number of alkyl halides is 2. The number of carbonyl (C=O) groups excluding carboxylic acids is 1. The zero-order valence-corrected chi connectivity index (χ0v) is 31.5. The SMILES string of the molecule is Cc1ccc(C(=O)c2ccc(CSP3(=O)OC[C@H]4O[C@@H](n5ccc(=O)[nH]c5=O)[C@H](F)[C@@H]4OP(=O)(O)OC[C@H]4O[C@@H](n5ccc(=O)[nH]c5=O)[C@H](O3)[C@@H]4F)cc2)cc1. The maximum Gasteiger partial charge on any atom is 0.472 e. The average molecular weight is 841 g/mol. The molecule has 0 radical (unpaired) electrons. The fraction of sp³-hybridized carbons (Fsp3) is 0.364. The van der Waals surface area contributed by atoms with E-state index in [-0.39, 0.29) is 11.5 Å². The lowest BCUT2D eigenvalue weighted by Gasteiger charge is -2.27. The Morgan fingerprint density at radius 1 is 0.768 bits per heavy atom. The second-order valence-corrected chi connectivity index (χ2v) is 18.3. The monoisotopic (exact) mass is 840 g/mol. The van der Waals surface area contributed by atoms with Crippen LogP contribution in [0, 0.1) is 6.92 Å². The van der Waals surface area contributed by atoms with Gasteiger partial charge in [0.1, 0.15) is 24.4 Å². The molecule has 3 aliphatic rings. The Labute approximate surface area is 317 Å². The standard InChI is InChI=1S/C33H32F2N4O14P2S/c1-17-2-6-19(7-3-17)27(42)20-8-4-18(5-9-20)16-56-55(47)49-15-22-28(26(35)30(51-22)38-12-10-23(40)36-32(38)43)52-54(45,46)48-14-21-25(34)29(53-55)31(50-21)39-13-11-24(41)37-33(39)44/h2-13,21-22,25-26,28-31H,14-16H2,1H3,(H,45,46)(H,36,40,43)(H,37,41,44)/t21-,22-,25-,26-,28-,29-,30-,31-,55?/m1/s1. The highest BCUT2D eigenvalue weighted by Gasteiger charge is 2.55. The fourth-order valence-corrected chi connectivity index (χ4v) is 10.4. The Kier molecular flexibility index (Phi) is 11.5. The van der Waals surface area contributed by atoms with Crippen molar-refractivity contribution in [2.45, 2.75) is 61.9 Å². The van der Waals surface area contributed by atoms with Crippen LogP contribution in [0.15, 0.2) is 92.2 Å². The molecular weight excluding hydrogens is 808 g/mol. The van der Waals surface area contributed by atoms with E-state index >= 15 is 8.78 Å². The van der Waals surface area contributed by atoms with E-state index in [9.17, 15) is 38.0 Å². The molecular formula is C33H32F2N4O14P2S. The summed E-state index contributed by atoms with van der Waals surface area (Å²) in [6.07, 6.45) is -13.9. The number of phosphoric acid groups is 1. The number of phosphoric ester groups is 1. The van der Waals surface area contributed by atoms with Crippen molar-refractivity contribution in [1.29, 1.82) is 0 Å². The third-order valence-corrected chi connectivity index (χ3v) is 13.6. The number of aryl methyl sites for hydroxylation is 1. The minimum absolute atomic E-state index is 0.144. The summed E-state index contributed by atoms with van der Waals surface area (Å²) in [6.45, 7) is -4.76. The van der Waals surface area contributed by atoms with Crippen LogP contribution in [0.3, 0.4) is 0 Å². The molecule has 3 N–H and O–H groups in total. The number of hydrogen-bond acceptors (Lipinski definition) is 14. The number of nitrogens with one attached hydrogen (secondary N) is 2. The van der Waals surface area contributed by atoms with E-state index < -0.39 is 99.5 Å². The van der Waals surface area contributed by atoms with Gasteiger partial charge in [-0.05, 0) is 23.9 Å². The normalized spacial score (nSPS) is 32.1. The molecule has 18 nitrogen and oxygen atoms in total. The molecule has 4 aromatic rings. The molecule has 0 aliphatic carbocycles.